The van der Waals surface area contributed by atoms with E-state index in [4.69, 9.17) is 9.72 Å². The fourth-order valence-electron chi connectivity index (χ4n) is 3.68. The molecule has 0 unspecified atom stereocenters. The van der Waals surface area contributed by atoms with Crippen molar-refractivity contribution >= 4 is 28.7 Å². The molecule has 0 aliphatic heterocycles. The van der Waals surface area contributed by atoms with E-state index in [2.05, 4.69) is 17.6 Å². The monoisotopic (exact) mass is 397 g/mol. The number of rotatable bonds is 6. The van der Waals surface area contributed by atoms with E-state index in [1.54, 1.807) is 13.8 Å². The third-order valence-electron chi connectivity index (χ3n) is 5.17. The second-order valence-corrected chi connectivity index (χ2v) is 7.54. The van der Waals surface area contributed by atoms with E-state index in [-0.39, 0.29) is 5.91 Å². The molecule has 154 valence electrons. The summed E-state index contributed by atoms with van der Waals surface area (Å²) in [5.74, 6) is -0.874. The highest BCUT2D eigenvalue weighted by Gasteiger charge is 2.26. The van der Waals surface area contributed by atoms with Gasteiger partial charge in [-0.15, -0.1) is 0 Å². The molecule has 0 radical (unpaired) electrons. The Morgan fingerprint density at radius 2 is 2.03 bits per heavy atom. The fourth-order valence-corrected chi connectivity index (χ4v) is 3.68. The number of aromatic nitrogens is 1. The van der Waals surface area contributed by atoms with Crippen molar-refractivity contribution in [1.82, 2.24) is 15.6 Å². The average Bonchev–Trinajstić information content (AvgIpc) is 2.70. The minimum absolute atomic E-state index is 0.282. The number of hydrogen-bond donors (Lipinski definition) is 2. The molecule has 29 heavy (non-hydrogen) atoms. The number of esters is 1. The highest BCUT2D eigenvalue weighted by atomic mass is 16.5. The van der Waals surface area contributed by atoms with Gasteiger partial charge in [0.25, 0.3) is 5.91 Å². The number of aryl methyl sites for hydroxylation is 1. The summed E-state index contributed by atoms with van der Waals surface area (Å²) in [6.45, 7) is 5.58. The number of likely N-dealkylation sites (N-methyl/N-ethyl adjacent to an activating group) is 1. The number of amides is 2. The van der Waals surface area contributed by atoms with E-state index in [0.29, 0.717) is 18.0 Å². The zero-order chi connectivity index (χ0) is 21.0. The number of para-hydroxylation sites is 1. The maximum Gasteiger partial charge on any atom is 0.339 e. The van der Waals surface area contributed by atoms with Gasteiger partial charge in [0.05, 0.1) is 11.1 Å². The molecule has 2 aromatic rings. The van der Waals surface area contributed by atoms with Crippen LogP contribution in [0.15, 0.2) is 24.3 Å². The van der Waals surface area contributed by atoms with Crippen LogP contribution >= 0.6 is 0 Å². The topological polar surface area (TPSA) is 97.4 Å². The zero-order valence-corrected chi connectivity index (χ0v) is 17.1. The number of carbonyl (C=O) groups excluding carboxylic acids is 3. The van der Waals surface area contributed by atoms with Gasteiger partial charge in [-0.05, 0) is 50.7 Å². The van der Waals surface area contributed by atoms with E-state index in [9.17, 15) is 14.4 Å². The van der Waals surface area contributed by atoms with Crippen molar-refractivity contribution in [2.75, 3.05) is 13.2 Å². The predicted octanol–water partition coefficient (Wildman–Crippen LogP) is 2.16. The number of benzene rings is 1. The van der Waals surface area contributed by atoms with Crippen LogP contribution < -0.4 is 10.6 Å². The van der Waals surface area contributed by atoms with Crippen LogP contribution in [0.3, 0.4) is 0 Å². The molecule has 3 rings (SSSR count). The molecule has 2 amide bonds. The van der Waals surface area contributed by atoms with Crippen LogP contribution in [-0.2, 0) is 27.2 Å². The maximum atomic E-state index is 13.0. The summed E-state index contributed by atoms with van der Waals surface area (Å²) < 4.78 is 5.33. The molecule has 7 heteroatoms. The lowest BCUT2D eigenvalue weighted by molar-refractivity contribution is -0.130. The van der Waals surface area contributed by atoms with Crippen molar-refractivity contribution < 1.29 is 19.1 Å². The maximum absolute atomic E-state index is 13.0. The summed E-state index contributed by atoms with van der Waals surface area (Å²) >= 11 is 0. The van der Waals surface area contributed by atoms with Gasteiger partial charge in [0.1, 0.15) is 6.04 Å². The summed E-state index contributed by atoms with van der Waals surface area (Å²) in [4.78, 5) is 41.5. The van der Waals surface area contributed by atoms with Crippen LogP contribution in [-0.4, -0.2) is 42.0 Å². The molecule has 7 nitrogen and oxygen atoms in total. The van der Waals surface area contributed by atoms with Crippen molar-refractivity contribution in [1.29, 1.82) is 0 Å². The number of fused-ring (bicyclic) bond motifs is 2. The van der Waals surface area contributed by atoms with Crippen LogP contribution in [0.5, 0.6) is 0 Å². The van der Waals surface area contributed by atoms with Crippen molar-refractivity contribution in [2.24, 2.45) is 5.92 Å². The van der Waals surface area contributed by atoms with Crippen LogP contribution in [0.4, 0.5) is 0 Å². The SMILES string of the molecule is CCNC(=O)[C@@H](C)NC(=O)COC(=O)c1c2c(nc3ccccc13)CC[C@@H](C)C2. The first-order valence-electron chi connectivity index (χ1n) is 10.0. The number of ether oxygens (including phenoxy) is 1. The van der Waals surface area contributed by atoms with Crippen molar-refractivity contribution in [2.45, 2.75) is 46.1 Å². The quantitative estimate of drug-likeness (QED) is 0.728. The predicted molar refractivity (Wildman–Crippen MR) is 110 cm³/mol. The Bertz CT molecular complexity index is 941. The number of nitrogens with one attached hydrogen (secondary N) is 2. The van der Waals surface area contributed by atoms with Crippen molar-refractivity contribution in [3.63, 3.8) is 0 Å². The van der Waals surface area contributed by atoms with Crippen molar-refractivity contribution in [3.05, 3.63) is 41.1 Å². The summed E-state index contributed by atoms with van der Waals surface area (Å²) in [5.41, 5.74) is 3.11. The molecule has 1 aliphatic carbocycles. The zero-order valence-electron chi connectivity index (χ0n) is 17.1. The molecule has 0 saturated carbocycles. The highest BCUT2D eigenvalue weighted by molar-refractivity contribution is 6.05. The molecule has 0 fully saturated rings. The van der Waals surface area contributed by atoms with Gasteiger partial charge < -0.3 is 15.4 Å². The van der Waals surface area contributed by atoms with Gasteiger partial charge >= 0.3 is 5.97 Å². The number of carbonyl (C=O) groups is 3. The van der Waals surface area contributed by atoms with E-state index in [1.807, 2.05) is 24.3 Å². The summed E-state index contributed by atoms with van der Waals surface area (Å²) in [7, 11) is 0. The van der Waals surface area contributed by atoms with Gasteiger partial charge in [0, 0.05) is 17.6 Å². The molecule has 2 atom stereocenters. The largest absolute Gasteiger partial charge is 0.452 e. The molecule has 2 N–H and O–H groups in total. The van der Waals surface area contributed by atoms with Crippen LogP contribution in [0.25, 0.3) is 10.9 Å². The van der Waals surface area contributed by atoms with E-state index in [0.717, 1.165) is 41.4 Å². The molecule has 1 aromatic carbocycles. The summed E-state index contributed by atoms with van der Waals surface area (Å²) in [5, 5.41) is 5.91. The standard InChI is InChI=1S/C22H27N3O4/c1-4-23-21(27)14(3)24-19(26)12-29-22(28)20-15-7-5-6-8-17(15)25-18-10-9-13(2)11-16(18)20/h5-8,13-14H,4,9-12H2,1-3H3,(H,23,27)(H,24,26)/t13-,14-/m1/s1. The van der Waals surface area contributed by atoms with Crippen LogP contribution in [0.2, 0.25) is 0 Å². The van der Waals surface area contributed by atoms with Gasteiger partial charge in [0.15, 0.2) is 6.61 Å². The normalized spacial score (nSPS) is 16.6. The minimum Gasteiger partial charge on any atom is -0.452 e. The summed E-state index contributed by atoms with van der Waals surface area (Å²) in [6.07, 6.45) is 2.62. The molecule has 1 aliphatic rings. The Kier molecular flexibility index (Phi) is 6.46. The van der Waals surface area contributed by atoms with Gasteiger partial charge in [-0.1, -0.05) is 25.1 Å². The molecule has 0 saturated heterocycles. The van der Waals surface area contributed by atoms with Crippen LogP contribution in [0.1, 0.15) is 48.8 Å². The lowest BCUT2D eigenvalue weighted by Crippen LogP contribution is -2.46. The second kappa shape index (κ2) is 9.03. The first-order valence-corrected chi connectivity index (χ1v) is 10.0. The van der Waals surface area contributed by atoms with Gasteiger partial charge in [-0.25, -0.2) is 4.79 Å². The van der Waals surface area contributed by atoms with Gasteiger partial charge in [0.2, 0.25) is 5.91 Å². The smallest absolute Gasteiger partial charge is 0.339 e. The van der Waals surface area contributed by atoms with E-state index in [1.165, 1.54) is 0 Å². The minimum atomic E-state index is -0.698. The number of pyridine rings is 1. The third kappa shape index (κ3) is 4.72. The first-order chi connectivity index (χ1) is 13.9. The number of nitrogens with zero attached hydrogens (tertiary/aromatic N) is 1. The number of hydrogen-bond acceptors (Lipinski definition) is 5. The second-order valence-electron chi connectivity index (χ2n) is 7.54. The molecule has 1 aromatic heterocycles. The Balaban J connectivity index is 1.78. The molecule has 0 bridgehead atoms. The van der Waals surface area contributed by atoms with E-state index < -0.39 is 24.5 Å². The highest BCUT2D eigenvalue weighted by Crippen LogP contribution is 2.31. The average molecular weight is 397 g/mol. The lowest BCUT2D eigenvalue weighted by Gasteiger charge is -2.24. The fraction of sp³-hybridized carbons (Fsp3) is 0.455. The summed E-state index contributed by atoms with van der Waals surface area (Å²) in [6, 6.07) is 6.79. The third-order valence-corrected chi connectivity index (χ3v) is 5.17. The lowest BCUT2D eigenvalue weighted by atomic mass is 9.84. The molecule has 0 spiro atoms. The molecular formula is C22H27N3O4. The van der Waals surface area contributed by atoms with E-state index >= 15 is 0 Å². The van der Waals surface area contributed by atoms with Crippen molar-refractivity contribution in [3.8, 4) is 0 Å². The van der Waals surface area contributed by atoms with Gasteiger partial charge in [-0.3, -0.25) is 14.6 Å². The Morgan fingerprint density at radius 3 is 2.79 bits per heavy atom. The van der Waals surface area contributed by atoms with Gasteiger partial charge in [-0.2, -0.15) is 0 Å². The Hall–Kier alpha value is -2.96. The Labute approximate surface area is 170 Å². The molecular weight excluding hydrogens is 370 g/mol. The van der Waals surface area contributed by atoms with Crippen LogP contribution in [0, 0.1) is 5.92 Å². The Morgan fingerprint density at radius 1 is 1.28 bits per heavy atom. The first kappa shape index (κ1) is 20.8. The molecule has 1 heterocycles.